The molecule has 0 bridgehead atoms. The average Bonchev–Trinajstić information content (AvgIpc) is 3.23. The number of benzene rings is 2. The minimum absolute atomic E-state index is 0.749. The van der Waals surface area contributed by atoms with Crippen LogP contribution in [0.4, 0.5) is 0 Å². The minimum Gasteiger partial charge on any atom is -0.492 e. The van der Waals surface area contributed by atoms with E-state index in [9.17, 15) is 0 Å². The Morgan fingerprint density at radius 2 is 1.48 bits per heavy atom. The molecule has 0 amide bonds. The second kappa shape index (κ2) is 8.68. The highest BCUT2D eigenvalue weighted by Crippen LogP contribution is 2.25. The van der Waals surface area contributed by atoms with Gasteiger partial charge >= 0.3 is 0 Å². The van der Waals surface area contributed by atoms with Crippen LogP contribution in [-0.4, -0.2) is 36.1 Å². The maximum Gasteiger partial charge on any atom is 0.119 e. The summed E-state index contributed by atoms with van der Waals surface area (Å²) < 4.78 is 6.96. The first kappa shape index (κ1) is 18.2. The Bertz CT molecular complexity index is 854. The van der Waals surface area contributed by atoms with Crippen LogP contribution in [0.25, 0.3) is 22.4 Å². The van der Waals surface area contributed by atoms with Gasteiger partial charge < -0.3 is 4.74 Å². The topological polar surface area (TPSA) is 25.4 Å². The molecule has 27 heavy (non-hydrogen) atoms. The van der Waals surface area contributed by atoms with Gasteiger partial charge in [-0.05, 0) is 74.0 Å². The normalized spacial score (nSPS) is 14.4. The predicted molar refractivity (Wildman–Crippen MR) is 114 cm³/mol. The van der Waals surface area contributed by atoms with E-state index in [0.717, 1.165) is 40.2 Å². The van der Waals surface area contributed by atoms with Crippen molar-refractivity contribution in [1.29, 1.82) is 0 Å². The Hall–Kier alpha value is -2.17. The molecule has 138 valence electrons. The van der Waals surface area contributed by atoms with Crippen LogP contribution < -0.4 is 4.74 Å². The molecular weight excluding hydrogens is 400 g/mol. The number of pyridine rings is 1. The second-order valence-electron chi connectivity index (χ2n) is 6.86. The summed E-state index contributed by atoms with van der Waals surface area (Å²) in [6, 6.07) is 20.7. The van der Waals surface area contributed by atoms with E-state index in [1.165, 1.54) is 31.5 Å². The van der Waals surface area contributed by atoms with Gasteiger partial charge in [0, 0.05) is 28.3 Å². The fraction of sp³-hybridized carbons (Fsp3) is 0.261. The Labute approximate surface area is 169 Å². The molecule has 1 fully saturated rings. The molecule has 4 heteroatoms. The Morgan fingerprint density at radius 1 is 0.815 bits per heavy atom. The van der Waals surface area contributed by atoms with Crippen molar-refractivity contribution in [3.05, 3.63) is 71.3 Å². The van der Waals surface area contributed by atoms with E-state index in [2.05, 4.69) is 62.2 Å². The largest absolute Gasteiger partial charge is 0.492 e. The van der Waals surface area contributed by atoms with E-state index in [4.69, 9.17) is 4.74 Å². The number of halogens is 1. The molecule has 0 spiro atoms. The van der Waals surface area contributed by atoms with Crippen molar-refractivity contribution >= 4 is 15.9 Å². The molecule has 1 aliphatic heterocycles. The molecule has 0 atom stereocenters. The van der Waals surface area contributed by atoms with E-state index < -0.39 is 0 Å². The lowest BCUT2D eigenvalue weighted by molar-refractivity contribution is 0.238. The molecule has 4 rings (SSSR count). The monoisotopic (exact) mass is 422 g/mol. The molecule has 3 aromatic rings. The summed E-state index contributed by atoms with van der Waals surface area (Å²) in [4.78, 5) is 7.10. The van der Waals surface area contributed by atoms with Crippen LogP contribution in [0, 0.1) is 0 Å². The third kappa shape index (κ3) is 4.76. The van der Waals surface area contributed by atoms with Crippen LogP contribution in [0.1, 0.15) is 12.8 Å². The fourth-order valence-corrected chi connectivity index (χ4v) is 3.66. The quantitative estimate of drug-likeness (QED) is 0.512. The van der Waals surface area contributed by atoms with Gasteiger partial charge in [-0.3, -0.25) is 9.88 Å². The zero-order valence-corrected chi connectivity index (χ0v) is 16.9. The Morgan fingerprint density at radius 3 is 2.15 bits per heavy atom. The van der Waals surface area contributed by atoms with Gasteiger partial charge in [-0.1, -0.05) is 34.1 Å². The van der Waals surface area contributed by atoms with Gasteiger partial charge in [0.25, 0.3) is 0 Å². The zero-order chi connectivity index (χ0) is 18.5. The first-order valence-corrected chi connectivity index (χ1v) is 10.2. The highest BCUT2D eigenvalue weighted by molar-refractivity contribution is 9.10. The van der Waals surface area contributed by atoms with Crippen LogP contribution in [0.2, 0.25) is 0 Å². The van der Waals surface area contributed by atoms with Gasteiger partial charge in [0.1, 0.15) is 12.4 Å². The summed E-state index contributed by atoms with van der Waals surface area (Å²) in [5.74, 6) is 0.921. The third-order valence-corrected chi connectivity index (χ3v) is 5.49. The Balaban J connectivity index is 1.37. The molecule has 0 N–H and O–H groups in total. The van der Waals surface area contributed by atoms with E-state index in [0.29, 0.717) is 0 Å². The molecular formula is C23H23BrN2O. The summed E-state index contributed by atoms with van der Waals surface area (Å²) in [5.41, 5.74) is 4.36. The maximum atomic E-state index is 5.88. The van der Waals surface area contributed by atoms with Gasteiger partial charge in [-0.25, -0.2) is 0 Å². The summed E-state index contributed by atoms with van der Waals surface area (Å²) >= 11 is 3.47. The molecule has 2 heterocycles. The van der Waals surface area contributed by atoms with E-state index in [1.54, 1.807) is 0 Å². The van der Waals surface area contributed by atoms with Crippen molar-refractivity contribution in [2.24, 2.45) is 0 Å². The SMILES string of the molecule is Brc1ccc(-c2ccc(-c3ccc(OCCN4CCCC4)cc3)nc2)cc1. The van der Waals surface area contributed by atoms with Crippen molar-refractivity contribution in [1.82, 2.24) is 9.88 Å². The molecule has 0 radical (unpaired) electrons. The van der Waals surface area contributed by atoms with Crippen LogP contribution in [0.3, 0.4) is 0 Å². The lowest BCUT2D eigenvalue weighted by Gasteiger charge is -2.15. The number of aromatic nitrogens is 1. The maximum absolute atomic E-state index is 5.88. The third-order valence-electron chi connectivity index (χ3n) is 4.97. The molecule has 1 aliphatic rings. The molecule has 1 saturated heterocycles. The number of nitrogens with zero attached hydrogens (tertiary/aromatic N) is 2. The van der Waals surface area contributed by atoms with Gasteiger partial charge in [-0.2, -0.15) is 0 Å². The summed E-state index contributed by atoms with van der Waals surface area (Å²) in [6.07, 6.45) is 4.57. The molecule has 1 aromatic heterocycles. The molecule has 0 aliphatic carbocycles. The van der Waals surface area contributed by atoms with Crippen molar-refractivity contribution < 1.29 is 4.74 Å². The first-order chi connectivity index (χ1) is 13.3. The lowest BCUT2D eigenvalue weighted by atomic mass is 10.1. The minimum atomic E-state index is 0.749. The molecule has 0 saturated carbocycles. The van der Waals surface area contributed by atoms with Crippen LogP contribution in [-0.2, 0) is 0 Å². The Kier molecular flexibility index (Phi) is 5.85. The second-order valence-corrected chi connectivity index (χ2v) is 7.78. The van der Waals surface area contributed by atoms with Gasteiger partial charge in [-0.15, -0.1) is 0 Å². The zero-order valence-electron chi connectivity index (χ0n) is 15.3. The van der Waals surface area contributed by atoms with Crippen molar-refractivity contribution in [2.45, 2.75) is 12.8 Å². The van der Waals surface area contributed by atoms with E-state index >= 15 is 0 Å². The van der Waals surface area contributed by atoms with Crippen LogP contribution in [0.5, 0.6) is 5.75 Å². The number of rotatable bonds is 6. The van der Waals surface area contributed by atoms with Crippen molar-refractivity contribution in [2.75, 3.05) is 26.2 Å². The summed E-state index contributed by atoms with van der Waals surface area (Å²) in [5, 5.41) is 0. The number of hydrogen-bond donors (Lipinski definition) is 0. The smallest absolute Gasteiger partial charge is 0.119 e. The first-order valence-electron chi connectivity index (χ1n) is 9.45. The molecule has 0 unspecified atom stereocenters. The summed E-state index contributed by atoms with van der Waals surface area (Å²) in [6.45, 7) is 4.19. The highest BCUT2D eigenvalue weighted by Gasteiger charge is 2.10. The highest BCUT2D eigenvalue weighted by atomic mass is 79.9. The van der Waals surface area contributed by atoms with Crippen molar-refractivity contribution in [3.8, 4) is 28.1 Å². The van der Waals surface area contributed by atoms with Crippen LogP contribution in [0.15, 0.2) is 71.3 Å². The standard InChI is InChI=1S/C23H23BrN2O/c24-21-8-3-18(4-9-21)20-7-12-23(25-17-20)19-5-10-22(11-6-19)27-16-15-26-13-1-2-14-26/h3-12,17H,1-2,13-16H2. The predicted octanol–water partition coefficient (Wildman–Crippen LogP) is 5.65. The van der Waals surface area contributed by atoms with Crippen molar-refractivity contribution in [3.63, 3.8) is 0 Å². The molecule has 3 nitrogen and oxygen atoms in total. The van der Waals surface area contributed by atoms with E-state index in [1.807, 2.05) is 30.5 Å². The van der Waals surface area contributed by atoms with Gasteiger partial charge in [0.15, 0.2) is 0 Å². The average molecular weight is 423 g/mol. The number of likely N-dealkylation sites (tertiary alicyclic amines) is 1. The summed E-state index contributed by atoms with van der Waals surface area (Å²) in [7, 11) is 0. The van der Waals surface area contributed by atoms with Crippen LogP contribution >= 0.6 is 15.9 Å². The van der Waals surface area contributed by atoms with Gasteiger partial charge in [0.2, 0.25) is 0 Å². The fourth-order valence-electron chi connectivity index (χ4n) is 3.40. The molecule has 2 aromatic carbocycles. The number of ether oxygens (including phenoxy) is 1. The van der Waals surface area contributed by atoms with E-state index in [-0.39, 0.29) is 0 Å². The lowest BCUT2D eigenvalue weighted by Crippen LogP contribution is -2.25. The van der Waals surface area contributed by atoms with Gasteiger partial charge in [0.05, 0.1) is 5.69 Å². The number of hydrogen-bond acceptors (Lipinski definition) is 3.